The standard InChI is InChI=1S/C12H17NO2/c1-4-9-5-6-11-10(7-9)13(8(2)3)12(14)15-11/h5-8,12,14H,4H2,1-3H3. The van der Waals surface area contributed by atoms with Crippen LogP contribution < -0.4 is 9.64 Å². The second-order valence-corrected chi connectivity index (χ2v) is 4.10. The SMILES string of the molecule is CCc1ccc2c(c1)N(C(C)C)C(O)O2. The molecule has 3 heteroatoms. The first-order chi connectivity index (χ1) is 7.13. The first-order valence-corrected chi connectivity index (χ1v) is 5.39. The fourth-order valence-electron chi connectivity index (χ4n) is 1.91. The molecule has 0 fully saturated rings. The molecule has 1 aliphatic rings. The maximum absolute atomic E-state index is 9.75. The number of benzene rings is 1. The lowest BCUT2D eigenvalue weighted by atomic mass is 10.1. The highest BCUT2D eigenvalue weighted by atomic mass is 16.6. The number of fused-ring (bicyclic) bond motifs is 1. The first kappa shape index (κ1) is 10.3. The van der Waals surface area contributed by atoms with Gasteiger partial charge in [0.2, 0.25) is 0 Å². The molecule has 0 spiro atoms. The van der Waals surface area contributed by atoms with Crippen LogP contribution in [0.1, 0.15) is 26.3 Å². The average molecular weight is 207 g/mol. The fraction of sp³-hybridized carbons (Fsp3) is 0.500. The molecular weight excluding hydrogens is 190 g/mol. The highest BCUT2D eigenvalue weighted by Crippen LogP contribution is 2.38. The zero-order valence-corrected chi connectivity index (χ0v) is 9.40. The van der Waals surface area contributed by atoms with Gasteiger partial charge in [-0.15, -0.1) is 0 Å². The van der Waals surface area contributed by atoms with Crippen LogP contribution in [-0.2, 0) is 6.42 Å². The van der Waals surface area contributed by atoms with Gasteiger partial charge >= 0.3 is 0 Å². The van der Waals surface area contributed by atoms with Crippen LogP contribution in [0.2, 0.25) is 0 Å². The van der Waals surface area contributed by atoms with E-state index in [4.69, 9.17) is 4.74 Å². The van der Waals surface area contributed by atoms with Crippen LogP contribution in [0, 0.1) is 0 Å². The Morgan fingerprint density at radius 2 is 2.20 bits per heavy atom. The zero-order chi connectivity index (χ0) is 11.0. The van der Waals surface area contributed by atoms with Crippen LogP contribution in [0.4, 0.5) is 5.69 Å². The van der Waals surface area contributed by atoms with Crippen LogP contribution >= 0.6 is 0 Å². The summed E-state index contributed by atoms with van der Waals surface area (Å²) in [7, 11) is 0. The fourth-order valence-corrected chi connectivity index (χ4v) is 1.91. The Morgan fingerprint density at radius 1 is 1.47 bits per heavy atom. The van der Waals surface area contributed by atoms with E-state index in [1.54, 1.807) is 0 Å². The molecule has 1 unspecified atom stereocenters. The van der Waals surface area contributed by atoms with Crippen molar-refractivity contribution in [2.24, 2.45) is 0 Å². The van der Waals surface area contributed by atoms with E-state index in [0.29, 0.717) is 0 Å². The molecule has 0 saturated heterocycles. The number of rotatable bonds is 2. The van der Waals surface area contributed by atoms with Crippen LogP contribution in [-0.4, -0.2) is 17.6 Å². The van der Waals surface area contributed by atoms with Crippen LogP contribution in [0.25, 0.3) is 0 Å². The van der Waals surface area contributed by atoms with Crippen molar-refractivity contribution in [3.05, 3.63) is 23.8 Å². The molecule has 2 rings (SSSR count). The lowest BCUT2D eigenvalue weighted by Crippen LogP contribution is -2.39. The van der Waals surface area contributed by atoms with Crippen molar-refractivity contribution in [3.8, 4) is 5.75 Å². The Labute approximate surface area is 90.3 Å². The highest BCUT2D eigenvalue weighted by Gasteiger charge is 2.30. The molecule has 1 aromatic carbocycles. The molecule has 0 aromatic heterocycles. The predicted octanol–water partition coefficient (Wildman–Crippen LogP) is 2.13. The quantitative estimate of drug-likeness (QED) is 0.806. The summed E-state index contributed by atoms with van der Waals surface area (Å²) in [5.41, 5.74) is 2.26. The van der Waals surface area contributed by atoms with Crippen LogP contribution in [0.5, 0.6) is 5.75 Å². The minimum absolute atomic E-state index is 0.230. The summed E-state index contributed by atoms with van der Waals surface area (Å²) < 4.78 is 5.36. The van der Waals surface area contributed by atoms with E-state index in [-0.39, 0.29) is 6.04 Å². The third-order valence-corrected chi connectivity index (χ3v) is 2.74. The molecule has 0 radical (unpaired) electrons. The molecule has 15 heavy (non-hydrogen) atoms. The summed E-state index contributed by atoms with van der Waals surface area (Å²) in [6.07, 6.45) is 0.155. The number of hydrogen-bond donors (Lipinski definition) is 1. The smallest absolute Gasteiger partial charge is 0.281 e. The Morgan fingerprint density at radius 3 is 2.80 bits per heavy atom. The molecule has 0 saturated carbocycles. The Hall–Kier alpha value is -1.22. The van der Waals surface area contributed by atoms with E-state index < -0.39 is 6.41 Å². The first-order valence-electron chi connectivity index (χ1n) is 5.39. The second-order valence-electron chi connectivity index (χ2n) is 4.10. The average Bonchev–Trinajstić information content (AvgIpc) is 2.52. The Balaban J connectivity index is 2.41. The van der Waals surface area contributed by atoms with Crippen molar-refractivity contribution in [2.75, 3.05) is 4.90 Å². The van der Waals surface area contributed by atoms with Crippen molar-refractivity contribution >= 4 is 5.69 Å². The maximum Gasteiger partial charge on any atom is 0.281 e. The zero-order valence-electron chi connectivity index (χ0n) is 9.40. The van der Waals surface area contributed by atoms with Crippen LogP contribution in [0.15, 0.2) is 18.2 Å². The number of nitrogens with zero attached hydrogens (tertiary/aromatic N) is 1. The summed E-state index contributed by atoms with van der Waals surface area (Å²) in [6, 6.07) is 6.29. The molecule has 1 aliphatic heterocycles. The van der Waals surface area contributed by atoms with Gasteiger partial charge in [0, 0.05) is 6.04 Å². The normalized spacial score (nSPS) is 19.3. The van der Waals surface area contributed by atoms with Crippen molar-refractivity contribution in [2.45, 2.75) is 39.6 Å². The summed E-state index contributed by atoms with van der Waals surface area (Å²) in [5.74, 6) is 0.772. The van der Waals surface area contributed by atoms with E-state index in [1.165, 1.54) is 5.56 Å². The van der Waals surface area contributed by atoms with E-state index in [0.717, 1.165) is 17.9 Å². The molecule has 1 aromatic rings. The molecule has 1 atom stereocenters. The van der Waals surface area contributed by atoms with Crippen molar-refractivity contribution < 1.29 is 9.84 Å². The molecule has 0 aliphatic carbocycles. The van der Waals surface area contributed by atoms with Gasteiger partial charge in [-0.25, -0.2) is 0 Å². The summed E-state index contributed by atoms with van der Waals surface area (Å²) in [4.78, 5) is 1.88. The molecular formula is C12H17NO2. The van der Waals surface area contributed by atoms with Crippen molar-refractivity contribution in [1.29, 1.82) is 0 Å². The predicted molar refractivity (Wildman–Crippen MR) is 60.1 cm³/mol. The van der Waals surface area contributed by atoms with Gasteiger partial charge in [-0.1, -0.05) is 13.0 Å². The monoisotopic (exact) mass is 207 g/mol. The number of aliphatic hydroxyl groups is 1. The number of aliphatic hydroxyl groups excluding tert-OH is 1. The number of ether oxygens (including phenoxy) is 1. The summed E-state index contributed by atoms with van der Waals surface area (Å²) >= 11 is 0. The minimum Gasteiger partial charge on any atom is -0.445 e. The van der Waals surface area contributed by atoms with Gasteiger partial charge < -0.3 is 14.7 Å². The van der Waals surface area contributed by atoms with E-state index in [1.807, 2.05) is 30.9 Å². The second kappa shape index (κ2) is 3.74. The third-order valence-electron chi connectivity index (χ3n) is 2.74. The molecule has 1 N–H and O–H groups in total. The molecule has 0 amide bonds. The molecule has 0 bridgehead atoms. The molecule has 82 valence electrons. The number of aryl methyl sites for hydroxylation is 1. The van der Waals surface area contributed by atoms with Gasteiger partial charge in [0.25, 0.3) is 6.41 Å². The lowest BCUT2D eigenvalue weighted by molar-refractivity contribution is -0.00648. The lowest BCUT2D eigenvalue weighted by Gasteiger charge is -2.25. The van der Waals surface area contributed by atoms with Gasteiger partial charge in [-0.2, -0.15) is 0 Å². The van der Waals surface area contributed by atoms with Gasteiger partial charge in [-0.3, -0.25) is 0 Å². The van der Waals surface area contributed by atoms with E-state index in [2.05, 4.69) is 13.0 Å². The van der Waals surface area contributed by atoms with E-state index >= 15 is 0 Å². The molecule has 3 nitrogen and oxygen atoms in total. The maximum atomic E-state index is 9.75. The summed E-state index contributed by atoms with van der Waals surface area (Å²) in [5, 5.41) is 9.75. The molecule has 1 heterocycles. The van der Waals surface area contributed by atoms with Crippen molar-refractivity contribution in [3.63, 3.8) is 0 Å². The minimum atomic E-state index is -0.841. The topological polar surface area (TPSA) is 32.7 Å². The van der Waals surface area contributed by atoms with Crippen molar-refractivity contribution in [1.82, 2.24) is 0 Å². The number of anilines is 1. The van der Waals surface area contributed by atoms with Gasteiger partial charge in [0.15, 0.2) is 0 Å². The number of hydrogen-bond acceptors (Lipinski definition) is 3. The Bertz CT molecular complexity index is 363. The summed E-state index contributed by atoms with van der Waals surface area (Å²) in [6.45, 7) is 6.20. The van der Waals surface area contributed by atoms with Gasteiger partial charge in [-0.05, 0) is 38.0 Å². The van der Waals surface area contributed by atoms with E-state index in [9.17, 15) is 5.11 Å². The Kier molecular flexibility index (Phi) is 2.57. The largest absolute Gasteiger partial charge is 0.445 e. The van der Waals surface area contributed by atoms with Crippen LogP contribution in [0.3, 0.4) is 0 Å². The van der Waals surface area contributed by atoms with Gasteiger partial charge in [0.1, 0.15) is 5.75 Å². The van der Waals surface area contributed by atoms with Gasteiger partial charge in [0.05, 0.1) is 5.69 Å². The third kappa shape index (κ3) is 1.67. The highest BCUT2D eigenvalue weighted by molar-refractivity contribution is 5.63.